The molecule has 0 spiro atoms. The molecular weight excluding hydrogens is 228 g/mol. The van der Waals surface area contributed by atoms with Crippen molar-refractivity contribution in [3.05, 3.63) is 0 Å². The van der Waals surface area contributed by atoms with E-state index in [-0.39, 0.29) is 11.9 Å². The molecule has 88 valence electrons. The maximum atomic E-state index is 11.6. The van der Waals surface area contributed by atoms with Gasteiger partial charge in [-0.2, -0.15) is 23.5 Å². The second-order valence-corrected chi connectivity index (χ2v) is 5.71. The van der Waals surface area contributed by atoms with Crippen molar-refractivity contribution in [2.24, 2.45) is 0 Å². The van der Waals surface area contributed by atoms with E-state index in [1.165, 1.54) is 12.2 Å². The lowest BCUT2D eigenvalue weighted by Crippen LogP contribution is -2.49. The van der Waals surface area contributed by atoms with Crippen molar-refractivity contribution < 1.29 is 4.79 Å². The highest BCUT2D eigenvalue weighted by Crippen LogP contribution is 2.07. The van der Waals surface area contributed by atoms with E-state index in [0.29, 0.717) is 0 Å². The van der Waals surface area contributed by atoms with Crippen LogP contribution in [0.4, 0.5) is 0 Å². The zero-order chi connectivity index (χ0) is 10.9. The molecule has 1 rings (SSSR count). The summed E-state index contributed by atoms with van der Waals surface area (Å²) < 4.78 is 0. The number of unbranched alkanes of at least 4 members (excludes halogenated alkanes) is 1. The molecule has 2 N–H and O–H groups in total. The number of hydrogen-bond acceptors (Lipinski definition) is 4. The lowest BCUT2D eigenvalue weighted by molar-refractivity contribution is -0.122. The molecule has 1 unspecified atom stereocenters. The van der Waals surface area contributed by atoms with Crippen LogP contribution in [0.25, 0.3) is 0 Å². The fourth-order valence-corrected chi connectivity index (χ4v) is 2.87. The fraction of sp³-hybridized carbons (Fsp3) is 0.900. The van der Waals surface area contributed by atoms with Crippen LogP contribution in [-0.2, 0) is 4.79 Å². The van der Waals surface area contributed by atoms with Crippen molar-refractivity contribution >= 4 is 29.4 Å². The molecule has 15 heavy (non-hydrogen) atoms. The number of carbonyl (C=O) groups excluding carboxylic acids is 1. The number of rotatable bonds is 6. The summed E-state index contributed by atoms with van der Waals surface area (Å²) in [5.41, 5.74) is 0. The Bertz CT molecular complexity index is 184. The summed E-state index contributed by atoms with van der Waals surface area (Å²) in [6.45, 7) is 1.78. The Hall–Kier alpha value is 0.130. The zero-order valence-electron chi connectivity index (χ0n) is 9.25. The Labute approximate surface area is 101 Å². The van der Waals surface area contributed by atoms with E-state index in [0.717, 1.165) is 31.0 Å². The largest absolute Gasteiger partial charge is 0.355 e. The summed E-state index contributed by atoms with van der Waals surface area (Å²) in [4.78, 5) is 11.6. The first-order valence-electron chi connectivity index (χ1n) is 5.42. The van der Waals surface area contributed by atoms with E-state index in [4.69, 9.17) is 0 Å². The van der Waals surface area contributed by atoms with Crippen molar-refractivity contribution in [2.75, 3.05) is 36.6 Å². The summed E-state index contributed by atoms with van der Waals surface area (Å²) in [5, 5.41) is 6.22. The summed E-state index contributed by atoms with van der Waals surface area (Å²) in [5.74, 6) is 3.40. The van der Waals surface area contributed by atoms with Crippen LogP contribution < -0.4 is 10.6 Å². The van der Waals surface area contributed by atoms with Crippen molar-refractivity contribution in [2.45, 2.75) is 18.9 Å². The minimum absolute atomic E-state index is 0.0318. The predicted octanol–water partition coefficient (Wildman–Crippen LogP) is 0.951. The maximum Gasteiger partial charge on any atom is 0.237 e. The monoisotopic (exact) mass is 248 g/mol. The van der Waals surface area contributed by atoms with E-state index >= 15 is 0 Å². The summed E-state index contributed by atoms with van der Waals surface area (Å²) in [6, 6.07) is 0.0318. The lowest BCUT2D eigenvalue weighted by atomic mass is 10.3. The Morgan fingerprint density at radius 2 is 2.47 bits per heavy atom. The number of nitrogens with one attached hydrogen (secondary N) is 2. The standard InChI is InChI=1S/C10H20N2OS2/c1-14-6-3-2-4-12-10(13)9-8-15-7-5-11-9/h9,11H,2-8H2,1H3,(H,12,13). The van der Waals surface area contributed by atoms with Gasteiger partial charge >= 0.3 is 0 Å². The summed E-state index contributed by atoms with van der Waals surface area (Å²) in [6.07, 6.45) is 4.39. The Morgan fingerprint density at radius 1 is 1.60 bits per heavy atom. The van der Waals surface area contributed by atoms with E-state index in [1.807, 2.05) is 23.5 Å². The van der Waals surface area contributed by atoms with Gasteiger partial charge in [-0.1, -0.05) is 0 Å². The molecule has 5 heteroatoms. The first-order valence-corrected chi connectivity index (χ1v) is 7.97. The molecule has 0 aromatic heterocycles. The first-order chi connectivity index (χ1) is 7.34. The second kappa shape index (κ2) is 8.30. The highest BCUT2D eigenvalue weighted by atomic mass is 32.2. The molecule has 1 aliphatic rings. The molecular formula is C10H20N2OS2. The normalized spacial score (nSPS) is 21.3. The van der Waals surface area contributed by atoms with Crippen molar-refractivity contribution in [1.29, 1.82) is 0 Å². The highest BCUT2D eigenvalue weighted by Gasteiger charge is 2.19. The smallest absolute Gasteiger partial charge is 0.237 e. The molecule has 1 aliphatic heterocycles. The predicted molar refractivity (Wildman–Crippen MR) is 69.7 cm³/mol. The van der Waals surface area contributed by atoms with Crippen molar-refractivity contribution in [1.82, 2.24) is 10.6 Å². The van der Waals surface area contributed by atoms with Crippen LogP contribution in [0.15, 0.2) is 0 Å². The van der Waals surface area contributed by atoms with Gasteiger partial charge in [0.05, 0.1) is 6.04 Å². The molecule has 0 aromatic rings. The molecule has 1 fully saturated rings. The Kier molecular flexibility index (Phi) is 7.30. The van der Waals surface area contributed by atoms with Gasteiger partial charge < -0.3 is 10.6 Å². The van der Waals surface area contributed by atoms with Gasteiger partial charge in [-0.3, -0.25) is 4.79 Å². The molecule has 0 saturated carbocycles. The van der Waals surface area contributed by atoms with E-state index in [9.17, 15) is 4.79 Å². The van der Waals surface area contributed by atoms with Crippen molar-refractivity contribution in [3.8, 4) is 0 Å². The topological polar surface area (TPSA) is 41.1 Å². The van der Waals surface area contributed by atoms with Gasteiger partial charge in [-0.05, 0) is 24.9 Å². The van der Waals surface area contributed by atoms with Crippen LogP contribution in [0, 0.1) is 0 Å². The average Bonchev–Trinajstić information content (AvgIpc) is 2.30. The summed E-state index contributed by atoms with van der Waals surface area (Å²) >= 11 is 3.71. The number of carbonyl (C=O) groups is 1. The number of hydrogen-bond donors (Lipinski definition) is 2. The van der Waals surface area contributed by atoms with Crippen molar-refractivity contribution in [3.63, 3.8) is 0 Å². The molecule has 1 saturated heterocycles. The minimum atomic E-state index is 0.0318. The maximum absolute atomic E-state index is 11.6. The average molecular weight is 248 g/mol. The Morgan fingerprint density at radius 3 is 3.13 bits per heavy atom. The molecule has 1 atom stereocenters. The Balaban J connectivity index is 2.02. The minimum Gasteiger partial charge on any atom is -0.355 e. The third kappa shape index (κ3) is 5.68. The molecule has 0 radical (unpaired) electrons. The van der Waals surface area contributed by atoms with Crippen LogP contribution in [-0.4, -0.2) is 48.6 Å². The summed E-state index contributed by atoms with van der Waals surface area (Å²) in [7, 11) is 0. The van der Waals surface area contributed by atoms with Gasteiger partial charge in [0.1, 0.15) is 0 Å². The fourth-order valence-electron chi connectivity index (χ4n) is 1.44. The van der Waals surface area contributed by atoms with Gasteiger partial charge in [0.15, 0.2) is 0 Å². The van der Waals surface area contributed by atoms with Crippen LogP contribution in [0.1, 0.15) is 12.8 Å². The van der Waals surface area contributed by atoms with Crippen LogP contribution in [0.3, 0.4) is 0 Å². The van der Waals surface area contributed by atoms with E-state index in [2.05, 4.69) is 16.9 Å². The molecule has 0 aromatic carbocycles. The molecule has 1 amide bonds. The third-order valence-electron chi connectivity index (χ3n) is 2.31. The van der Waals surface area contributed by atoms with E-state index in [1.54, 1.807) is 0 Å². The molecule has 3 nitrogen and oxygen atoms in total. The molecule has 0 aliphatic carbocycles. The number of amides is 1. The first kappa shape index (κ1) is 13.2. The zero-order valence-corrected chi connectivity index (χ0v) is 10.9. The SMILES string of the molecule is CSCCCCNC(=O)C1CSCCN1. The lowest BCUT2D eigenvalue weighted by Gasteiger charge is -2.22. The van der Waals surface area contributed by atoms with Gasteiger partial charge in [-0.15, -0.1) is 0 Å². The molecule has 0 bridgehead atoms. The van der Waals surface area contributed by atoms with Crippen LogP contribution in [0.2, 0.25) is 0 Å². The third-order valence-corrected chi connectivity index (χ3v) is 4.07. The second-order valence-electron chi connectivity index (χ2n) is 3.57. The quantitative estimate of drug-likeness (QED) is 0.687. The van der Waals surface area contributed by atoms with Gasteiger partial charge in [0.2, 0.25) is 5.91 Å². The van der Waals surface area contributed by atoms with Crippen LogP contribution >= 0.6 is 23.5 Å². The van der Waals surface area contributed by atoms with Gasteiger partial charge in [0, 0.05) is 24.6 Å². The number of thioether (sulfide) groups is 2. The van der Waals surface area contributed by atoms with Crippen LogP contribution in [0.5, 0.6) is 0 Å². The van der Waals surface area contributed by atoms with Gasteiger partial charge in [-0.25, -0.2) is 0 Å². The van der Waals surface area contributed by atoms with Gasteiger partial charge in [0.25, 0.3) is 0 Å². The highest BCUT2D eigenvalue weighted by molar-refractivity contribution is 7.99. The molecule has 1 heterocycles. The van der Waals surface area contributed by atoms with E-state index < -0.39 is 0 Å².